The minimum Gasteiger partial charge on any atom is -0.364 e. The monoisotopic (exact) mass is 291 g/mol. The molecule has 1 heterocycles. The van der Waals surface area contributed by atoms with Crippen LogP contribution in [0.5, 0.6) is 0 Å². The molecule has 0 unspecified atom stereocenters. The molecule has 0 saturated carbocycles. The summed E-state index contributed by atoms with van der Waals surface area (Å²) in [6.07, 6.45) is 0.444. The van der Waals surface area contributed by atoms with Crippen LogP contribution in [0, 0.1) is 0 Å². The number of nitrogens with one attached hydrogen (secondary N) is 2. The van der Waals surface area contributed by atoms with Crippen LogP contribution in [0.1, 0.15) is 39.2 Å². The van der Waals surface area contributed by atoms with Gasteiger partial charge in [-0.25, -0.2) is 0 Å². The predicted octanol–water partition coefficient (Wildman–Crippen LogP) is 1.44. The number of hydrogen-bond acceptors (Lipinski definition) is 2. The van der Waals surface area contributed by atoms with E-state index in [0.29, 0.717) is 12.5 Å². The van der Waals surface area contributed by atoms with Crippen LogP contribution < -0.4 is 10.2 Å². The Morgan fingerprint density at radius 1 is 1.29 bits per heavy atom. The average molecular weight is 291 g/mol. The molecule has 1 aliphatic heterocycles. The van der Waals surface area contributed by atoms with Crippen LogP contribution in [0.2, 0.25) is 0 Å². The molecule has 21 heavy (non-hydrogen) atoms. The van der Waals surface area contributed by atoms with E-state index in [1.54, 1.807) is 0 Å². The van der Waals surface area contributed by atoms with Gasteiger partial charge < -0.3 is 15.0 Å². The summed E-state index contributed by atoms with van der Waals surface area (Å²) in [7, 11) is 0. The predicted molar refractivity (Wildman–Crippen MR) is 84.7 cm³/mol. The molecule has 2 atom stereocenters. The lowest BCUT2D eigenvalue weighted by Crippen LogP contribution is -3.16. The van der Waals surface area contributed by atoms with E-state index < -0.39 is 0 Å². The molecule has 1 aliphatic rings. The fraction of sp³-hybridized carbons (Fsp3) is 0.588. The largest absolute Gasteiger partial charge is 0.364 e. The van der Waals surface area contributed by atoms with Gasteiger partial charge >= 0.3 is 0 Å². The molecule has 4 nitrogen and oxygen atoms in total. The standard InChI is InChI=1S/C17H26N2O2/c1-12(2)15-7-5-6-8-16(15)18-17(20)11-19-9-13(3)21-14(4)10-19/h5-8,12-14H,9-11H2,1-4H3,(H,18,20)/p+1/t13-,14-/m1/s1. The topological polar surface area (TPSA) is 42.8 Å². The number of morpholine rings is 1. The number of benzene rings is 1. The first kappa shape index (κ1) is 16.0. The Morgan fingerprint density at radius 3 is 2.52 bits per heavy atom. The number of rotatable bonds is 4. The van der Waals surface area contributed by atoms with Gasteiger partial charge in [0.05, 0.1) is 0 Å². The summed E-state index contributed by atoms with van der Waals surface area (Å²) in [5.41, 5.74) is 2.12. The SMILES string of the molecule is CC(C)c1ccccc1NC(=O)C[NH+]1C[C@@H](C)O[C@H](C)C1. The lowest BCUT2D eigenvalue weighted by molar-refractivity contribution is -0.907. The van der Waals surface area contributed by atoms with E-state index >= 15 is 0 Å². The molecule has 1 aromatic carbocycles. The van der Waals surface area contributed by atoms with Gasteiger partial charge in [-0.1, -0.05) is 32.0 Å². The molecule has 0 aromatic heterocycles. The molecule has 1 saturated heterocycles. The average Bonchev–Trinajstić information content (AvgIpc) is 2.37. The quantitative estimate of drug-likeness (QED) is 0.881. The Morgan fingerprint density at radius 2 is 1.90 bits per heavy atom. The van der Waals surface area contributed by atoms with Gasteiger partial charge in [-0.3, -0.25) is 4.79 Å². The molecule has 1 amide bonds. The fourth-order valence-corrected chi connectivity index (χ4v) is 3.07. The second kappa shape index (κ2) is 7.05. The Hall–Kier alpha value is -1.39. The third kappa shape index (κ3) is 4.55. The minimum atomic E-state index is 0.0828. The summed E-state index contributed by atoms with van der Waals surface area (Å²) >= 11 is 0. The van der Waals surface area contributed by atoms with Gasteiger partial charge in [-0.05, 0) is 31.4 Å². The van der Waals surface area contributed by atoms with Gasteiger partial charge in [-0.15, -0.1) is 0 Å². The Balaban J connectivity index is 1.96. The van der Waals surface area contributed by atoms with Gasteiger partial charge in [0.2, 0.25) is 0 Å². The lowest BCUT2D eigenvalue weighted by atomic mass is 10.0. The summed E-state index contributed by atoms with van der Waals surface area (Å²) in [4.78, 5) is 13.6. The van der Waals surface area contributed by atoms with Gasteiger partial charge in [0.1, 0.15) is 25.3 Å². The number of hydrogen-bond donors (Lipinski definition) is 2. The smallest absolute Gasteiger partial charge is 0.279 e. The van der Waals surface area contributed by atoms with Gasteiger partial charge in [0.15, 0.2) is 6.54 Å². The second-order valence-corrected chi connectivity index (χ2v) is 6.38. The van der Waals surface area contributed by atoms with Crippen LogP contribution in [0.15, 0.2) is 24.3 Å². The molecular weight excluding hydrogens is 264 g/mol. The fourth-order valence-electron chi connectivity index (χ4n) is 3.07. The van der Waals surface area contributed by atoms with E-state index in [0.717, 1.165) is 18.8 Å². The first-order chi connectivity index (χ1) is 9.95. The highest BCUT2D eigenvalue weighted by Gasteiger charge is 2.27. The molecule has 2 rings (SSSR count). The van der Waals surface area contributed by atoms with Crippen molar-refractivity contribution in [1.29, 1.82) is 0 Å². The Bertz CT molecular complexity index is 477. The van der Waals surface area contributed by atoms with Crippen molar-refractivity contribution in [1.82, 2.24) is 0 Å². The zero-order chi connectivity index (χ0) is 15.4. The summed E-state index contributed by atoms with van der Waals surface area (Å²) in [5, 5.41) is 3.07. The molecule has 0 radical (unpaired) electrons. The molecule has 0 bridgehead atoms. The first-order valence-electron chi connectivity index (χ1n) is 7.83. The third-order valence-corrected chi connectivity index (χ3v) is 3.88. The summed E-state index contributed by atoms with van der Waals surface area (Å²) in [5.74, 6) is 0.483. The highest BCUT2D eigenvalue weighted by molar-refractivity contribution is 5.92. The van der Waals surface area contributed by atoms with Crippen molar-refractivity contribution in [2.75, 3.05) is 25.0 Å². The highest BCUT2D eigenvalue weighted by atomic mass is 16.5. The normalized spacial score (nSPS) is 25.9. The highest BCUT2D eigenvalue weighted by Crippen LogP contribution is 2.23. The molecule has 116 valence electrons. The van der Waals surface area contributed by atoms with Crippen molar-refractivity contribution in [3.8, 4) is 0 Å². The van der Waals surface area contributed by atoms with Gasteiger partial charge in [0.25, 0.3) is 5.91 Å². The second-order valence-electron chi connectivity index (χ2n) is 6.38. The third-order valence-electron chi connectivity index (χ3n) is 3.88. The lowest BCUT2D eigenvalue weighted by Gasteiger charge is -2.32. The number of ether oxygens (including phenoxy) is 1. The van der Waals surface area contributed by atoms with Crippen molar-refractivity contribution in [2.45, 2.75) is 45.8 Å². The van der Waals surface area contributed by atoms with Crippen LogP contribution in [0.25, 0.3) is 0 Å². The number of quaternary nitrogens is 1. The van der Waals surface area contributed by atoms with Crippen molar-refractivity contribution >= 4 is 11.6 Å². The molecule has 4 heteroatoms. The number of carbonyl (C=O) groups excluding carboxylic acids is 1. The molecule has 0 aliphatic carbocycles. The summed E-state index contributed by atoms with van der Waals surface area (Å²) in [6.45, 7) is 10.7. The Kier molecular flexibility index (Phi) is 5.37. The summed E-state index contributed by atoms with van der Waals surface area (Å²) < 4.78 is 5.71. The number of amides is 1. The first-order valence-corrected chi connectivity index (χ1v) is 7.83. The number of anilines is 1. The number of para-hydroxylation sites is 1. The van der Waals surface area contributed by atoms with Crippen molar-refractivity contribution in [3.63, 3.8) is 0 Å². The molecular formula is C17H27N2O2+. The van der Waals surface area contributed by atoms with Crippen LogP contribution >= 0.6 is 0 Å². The van der Waals surface area contributed by atoms with Crippen LogP contribution in [-0.4, -0.2) is 37.7 Å². The van der Waals surface area contributed by atoms with E-state index in [9.17, 15) is 4.79 Å². The molecule has 1 fully saturated rings. The maximum absolute atomic E-state index is 12.3. The summed E-state index contributed by atoms with van der Waals surface area (Å²) in [6, 6.07) is 8.04. The number of carbonyl (C=O) groups is 1. The van der Waals surface area contributed by atoms with Crippen LogP contribution in [0.4, 0.5) is 5.69 Å². The maximum atomic E-state index is 12.3. The van der Waals surface area contributed by atoms with Crippen LogP contribution in [0.3, 0.4) is 0 Å². The minimum absolute atomic E-state index is 0.0828. The zero-order valence-corrected chi connectivity index (χ0v) is 13.5. The molecule has 1 aromatic rings. The van der Waals surface area contributed by atoms with Gasteiger partial charge in [-0.2, -0.15) is 0 Å². The van der Waals surface area contributed by atoms with E-state index in [1.165, 1.54) is 10.5 Å². The molecule has 2 N–H and O–H groups in total. The van der Waals surface area contributed by atoms with Crippen molar-refractivity contribution in [3.05, 3.63) is 29.8 Å². The Labute approximate surface area is 127 Å². The van der Waals surface area contributed by atoms with Crippen molar-refractivity contribution in [2.24, 2.45) is 0 Å². The van der Waals surface area contributed by atoms with E-state index in [1.807, 2.05) is 18.2 Å². The maximum Gasteiger partial charge on any atom is 0.279 e. The van der Waals surface area contributed by atoms with Crippen LogP contribution in [-0.2, 0) is 9.53 Å². The zero-order valence-electron chi connectivity index (χ0n) is 13.5. The van der Waals surface area contributed by atoms with Crippen molar-refractivity contribution < 1.29 is 14.4 Å². The van der Waals surface area contributed by atoms with E-state index in [4.69, 9.17) is 4.74 Å². The van der Waals surface area contributed by atoms with E-state index in [-0.39, 0.29) is 18.1 Å². The molecule has 0 spiro atoms. The van der Waals surface area contributed by atoms with Gasteiger partial charge in [0, 0.05) is 5.69 Å². The van der Waals surface area contributed by atoms with E-state index in [2.05, 4.69) is 39.1 Å².